The van der Waals surface area contributed by atoms with Gasteiger partial charge in [0, 0.05) is 35.9 Å². The molecular formula is C24H28ClN5O2. The van der Waals surface area contributed by atoms with E-state index in [-0.39, 0.29) is 17.6 Å². The Morgan fingerprint density at radius 2 is 2.19 bits per heavy atom. The number of Topliss-reactive ketones (excluding diaryl/α,β-unsaturated/α-hetero) is 1. The first-order valence-corrected chi connectivity index (χ1v) is 11.5. The lowest BCUT2D eigenvalue weighted by atomic mass is 9.84. The Bertz CT molecular complexity index is 1140. The van der Waals surface area contributed by atoms with Gasteiger partial charge < -0.3 is 15.4 Å². The predicted octanol–water partition coefficient (Wildman–Crippen LogP) is 4.97. The molecule has 1 aromatic carbocycles. The Hall–Kier alpha value is -2.77. The fourth-order valence-corrected chi connectivity index (χ4v) is 4.69. The van der Waals surface area contributed by atoms with Crippen molar-refractivity contribution in [3.63, 3.8) is 0 Å². The molecule has 0 spiro atoms. The van der Waals surface area contributed by atoms with Crippen molar-refractivity contribution in [2.75, 3.05) is 12.4 Å². The van der Waals surface area contributed by atoms with Crippen LogP contribution < -0.4 is 5.32 Å². The zero-order valence-corrected chi connectivity index (χ0v) is 18.9. The van der Waals surface area contributed by atoms with Gasteiger partial charge in [0.25, 0.3) is 0 Å². The topological polar surface area (TPSA) is 115 Å². The summed E-state index contributed by atoms with van der Waals surface area (Å²) in [5.41, 5.74) is 3.51. The fraction of sp³-hybridized carbons (Fsp3) is 0.417. The fourth-order valence-electron chi connectivity index (χ4n) is 4.51. The highest BCUT2D eigenvalue weighted by atomic mass is 35.5. The largest absolute Gasteiger partial charge is 0.393 e. The Labute approximate surface area is 192 Å². The summed E-state index contributed by atoms with van der Waals surface area (Å²) in [6.07, 6.45) is 9.13. The maximum Gasteiger partial charge on any atom is 0.166 e. The number of benzene rings is 1. The normalized spacial score (nSPS) is 18.6. The molecule has 3 aromatic rings. The minimum absolute atomic E-state index is 0.0213. The lowest BCUT2D eigenvalue weighted by Gasteiger charge is -2.25. The molecule has 2 unspecified atom stereocenters. The maximum atomic E-state index is 12.9. The molecule has 7 nitrogen and oxygen atoms in total. The summed E-state index contributed by atoms with van der Waals surface area (Å²) in [6.45, 7) is 0. The SMILES string of the molecule is CNc1cc(Cl)ccc1C(=N)c1cnc2[nH]cc(C(=O)CCCC3CCCC(O)C3)c2n1. The summed E-state index contributed by atoms with van der Waals surface area (Å²) >= 11 is 6.07. The molecule has 8 heteroatoms. The van der Waals surface area contributed by atoms with Gasteiger partial charge in [0.05, 0.1) is 23.6 Å². The molecule has 1 fully saturated rings. The van der Waals surface area contributed by atoms with E-state index in [9.17, 15) is 9.90 Å². The van der Waals surface area contributed by atoms with Gasteiger partial charge >= 0.3 is 0 Å². The van der Waals surface area contributed by atoms with Crippen molar-refractivity contribution in [2.24, 2.45) is 5.92 Å². The van der Waals surface area contributed by atoms with Crippen LogP contribution in [-0.4, -0.2) is 44.7 Å². The third-order valence-electron chi connectivity index (χ3n) is 6.23. The van der Waals surface area contributed by atoms with E-state index in [1.165, 1.54) is 6.20 Å². The number of ketones is 1. The summed E-state index contributed by atoms with van der Waals surface area (Å²) in [7, 11) is 1.77. The van der Waals surface area contributed by atoms with E-state index in [1.54, 1.807) is 31.4 Å². The minimum Gasteiger partial charge on any atom is -0.393 e. The molecule has 4 rings (SSSR count). The molecule has 2 heterocycles. The Balaban J connectivity index is 1.50. The molecule has 1 aliphatic rings. The summed E-state index contributed by atoms with van der Waals surface area (Å²) in [5.74, 6) is 0.523. The zero-order valence-electron chi connectivity index (χ0n) is 18.1. The van der Waals surface area contributed by atoms with Crippen LogP contribution in [0.25, 0.3) is 11.2 Å². The number of rotatable bonds is 8. The highest BCUT2D eigenvalue weighted by molar-refractivity contribution is 6.31. The van der Waals surface area contributed by atoms with Crippen molar-refractivity contribution in [1.82, 2.24) is 15.0 Å². The van der Waals surface area contributed by atoms with E-state index in [1.807, 2.05) is 0 Å². The molecule has 0 saturated heterocycles. The summed E-state index contributed by atoms with van der Waals surface area (Å²) in [6, 6.07) is 5.26. The van der Waals surface area contributed by atoms with Gasteiger partial charge in [-0.2, -0.15) is 0 Å². The van der Waals surface area contributed by atoms with Gasteiger partial charge in [-0.25, -0.2) is 9.97 Å². The van der Waals surface area contributed by atoms with E-state index in [2.05, 4.69) is 20.3 Å². The van der Waals surface area contributed by atoms with E-state index in [4.69, 9.17) is 17.0 Å². The molecule has 0 bridgehead atoms. The second kappa shape index (κ2) is 9.79. The molecule has 2 aromatic heterocycles. The number of H-pyrrole nitrogens is 1. The quantitative estimate of drug-likeness (QED) is 0.284. The molecule has 1 aliphatic carbocycles. The number of nitrogens with zero attached hydrogens (tertiary/aromatic N) is 2. The van der Waals surface area contributed by atoms with Gasteiger partial charge in [0.2, 0.25) is 0 Å². The summed E-state index contributed by atoms with van der Waals surface area (Å²) in [4.78, 5) is 24.9. The second-order valence-corrected chi connectivity index (χ2v) is 8.91. The molecule has 32 heavy (non-hydrogen) atoms. The lowest BCUT2D eigenvalue weighted by molar-refractivity contribution is 0.0932. The van der Waals surface area contributed by atoms with Gasteiger partial charge in [0.15, 0.2) is 11.4 Å². The number of fused-ring (bicyclic) bond motifs is 1. The Kier molecular flexibility index (Phi) is 6.86. The van der Waals surface area contributed by atoms with Crippen LogP contribution in [0.2, 0.25) is 5.02 Å². The number of aromatic amines is 1. The summed E-state index contributed by atoms with van der Waals surface area (Å²) < 4.78 is 0. The van der Waals surface area contributed by atoms with Crippen molar-refractivity contribution in [1.29, 1.82) is 5.41 Å². The predicted molar refractivity (Wildman–Crippen MR) is 127 cm³/mol. The van der Waals surface area contributed by atoms with E-state index in [0.717, 1.165) is 44.2 Å². The first-order valence-electron chi connectivity index (χ1n) is 11.1. The minimum atomic E-state index is -0.189. The van der Waals surface area contributed by atoms with E-state index in [0.29, 0.717) is 45.3 Å². The van der Waals surface area contributed by atoms with Crippen molar-refractivity contribution < 1.29 is 9.90 Å². The Morgan fingerprint density at radius 3 is 2.97 bits per heavy atom. The molecule has 168 valence electrons. The second-order valence-electron chi connectivity index (χ2n) is 8.47. The lowest BCUT2D eigenvalue weighted by Crippen LogP contribution is -2.19. The van der Waals surface area contributed by atoms with Crippen LogP contribution in [0.5, 0.6) is 0 Å². The highest BCUT2D eigenvalue weighted by Gasteiger charge is 2.21. The average Bonchev–Trinajstić information content (AvgIpc) is 3.22. The molecule has 0 aliphatic heterocycles. The number of carbonyl (C=O) groups is 1. The monoisotopic (exact) mass is 453 g/mol. The number of aromatic nitrogens is 3. The molecule has 2 atom stereocenters. The van der Waals surface area contributed by atoms with Crippen LogP contribution in [0.1, 0.15) is 66.6 Å². The number of aliphatic hydroxyl groups excluding tert-OH is 1. The maximum absolute atomic E-state index is 12.9. The van der Waals surface area contributed by atoms with Gasteiger partial charge in [-0.15, -0.1) is 0 Å². The smallest absolute Gasteiger partial charge is 0.166 e. The number of halogens is 1. The molecule has 0 radical (unpaired) electrons. The van der Waals surface area contributed by atoms with Crippen LogP contribution in [0.15, 0.2) is 30.6 Å². The Morgan fingerprint density at radius 1 is 1.34 bits per heavy atom. The van der Waals surface area contributed by atoms with E-state index < -0.39 is 0 Å². The number of aliphatic hydroxyl groups is 1. The van der Waals surface area contributed by atoms with Crippen LogP contribution in [-0.2, 0) is 0 Å². The van der Waals surface area contributed by atoms with E-state index >= 15 is 0 Å². The van der Waals surface area contributed by atoms with Crippen molar-refractivity contribution in [3.8, 4) is 0 Å². The first-order chi connectivity index (χ1) is 15.5. The molecular weight excluding hydrogens is 426 g/mol. The van der Waals surface area contributed by atoms with Crippen molar-refractivity contribution in [3.05, 3.63) is 52.4 Å². The first kappa shape index (κ1) is 22.4. The van der Waals surface area contributed by atoms with Crippen molar-refractivity contribution >= 4 is 39.9 Å². The number of anilines is 1. The molecule has 1 saturated carbocycles. The molecule has 4 N–H and O–H groups in total. The van der Waals surface area contributed by atoms with Gasteiger partial charge in [0.1, 0.15) is 11.2 Å². The summed E-state index contributed by atoms with van der Waals surface area (Å²) in [5, 5.41) is 22.1. The standard InChI is InChI=1S/C24H28ClN5O2/c1-27-19-11-15(25)8-9-17(19)22(26)20-13-29-24-23(30-20)18(12-28-24)21(32)7-3-5-14-4-2-6-16(31)10-14/h8-9,11-14,16,26-27,31H,2-7,10H2,1H3,(H,28,29). The van der Waals surface area contributed by atoms with Crippen molar-refractivity contribution in [2.45, 2.75) is 51.0 Å². The third kappa shape index (κ3) is 4.84. The number of nitrogens with one attached hydrogen (secondary N) is 3. The number of hydrogen-bond donors (Lipinski definition) is 4. The molecule has 0 amide bonds. The van der Waals surface area contributed by atoms with Gasteiger partial charge in [-0.05, 0) is 49.8 Å². The van der Waals surface area contributed by atoms with Gasteiger partial charge in [-0.1, -0.05) is 24.4 Å². The average molecular weight is 454 g/mol. The van der Waals surface area contributed by atoms with Gasteiger partial charge in [-0.3, -0.25) is 10.2 Å². The van der Waals surface area contributed by atoms with Crippen LogP contribution in [0, 0.1) is 11.3 Å². The highest BCUT2D eigenvalue weighted by Crippen LogP contribution is 2.29. The van der Waals surface area contributed by atoms with Crippen LogP contribution in [0.3, 0.4) is 0 Å². The third-order valence-corrected chi connectivity index (χ3v) is 6.46. The number of hydrogen-bond acceptors (Lipinski definition) is 6. The zero-order chi connectivity index (χ0) is 22.7. The van der Waals surface area contributed by atoms with Crippen LogP contribution in [0.4, 0.5) is 5.69 Å². The van der Waals surface area contributed by atoms with Crippen LogP contribution >= 0.6 is 11.6 Å². The number of carbonyl (C=O) groups excluding carboxylic acids is 1.